The van der Waals surface area contributed by atoms with Crippen molar-refractivity contribution < 1.29 is 59.7 Å². The average molecular weight is 865 g/mol. The highest BCUT2D eigenvalue weighted by Crippen LogP contribution is 2.76. The molecule has 5 aliphatic rings. The van der Waals surface area contributed by atoms with Crippen molar-refractivity contribution in [3.8, 4) is 5.88 Å². The highest BCUT2D eigenvalue weighted by atomic mass is 32.2. The third-order valence-electron chi connectivity index (χ3n) is 16.2. The number of sulfone groups is 1. The van der Waals surface area contributed by atoms with E-state index in [0.29, 0.717) is 25.7 Å². The molecule has 0 aliphatic heterocycles. The van der Waals surface area contributed by atoms with E-state index in [9.17, 15) is 36.4 Å². The highest BCUT2D eigenvalue weighted by Gasteiger charge is 2.70. The first kappa shape index (κ1) is 44.4. The lowest BCUT2D eigenvalue weighted by Crippen LogP contribution is -2.65. The summed E-state index contributed by atoms with van der Waals surface area (Å²) in [5.74, 6) is -2.49. The van der Waals surface area contributed by atoms with Crippen LogP contribution >= 0.6 is 0 Å². The monoisotopic (exact) mass is 864 g/mol. The van der Waals surface area contributed by atoms with Crippen LogP contribution in [0.25, 0.3) is 0 Å². The van der Waals surface area contributed by atoms with Crippen molar-refractivity contribution in [2.75, 3.05) is 26.4 Å². The maximum absolute atomic E-state index is 14.4. The Labute approximate surface area is 350 Å². The maximum Gasteiger partial charge on any atom is 0.490 e. The van der Waals surface area contributed by atoms with Gasteiger partial charge in [0.1, 0.15) is 19.3 Å². The van der Waals surface area contributed by atoms with Crippen molar-refractivity contribution in [1.82, 2.24) is 5.16 Å². The van der Waals surface area contributed by atoms with Crippen molar-refractivity contribution in [3.63, 3.8) is 0 Å². The Bertz CT molecular complexity index is 2100. The van der Waals surface area contributed by atoms with E-state index in [4.69, 9.17) is 18.9 Å². The van der Waals surface area contributed by atoms with Crippen LogP contribution in [0.3, 0.4) is 0 Å². The van der Waals surface area contributed by atoms with Crippen LogP contribution in [0, 0.1) is 55.5 Å². The molecule has 12 nitrogen and oxygen atoms in total. The van der Waals surface area contributed by atoms with Crippen LogP contribution in [0.5, 0.6) is 5.88 Å². The van der Waals surface area contributed by atoms with E-state index in [0.717, 1.165) is 38.5 Å². The predicted molar refractivity (Wildman–Crippen MR) is 210 cm³/mol. The van der Waals surface area contributed by atoms with Gasteiger partial charge >= 0.3 is 29.0 Å². The summed E-state index contributed by atoms with van der Waals surface area (Å²) in [6, 6.07) is 7.39. The van der Waals surface area contributed by atoms with Crippen LogP contribution in [0.1, 0.15) is 113 Å². The molecule has 0 amide bonds. The number of hydrogen-bond donors (Lipinski definition) is 0. The number of aromatic nitrogens is 2. The van der Waals surface area contributed by atoms with Gasteiger partial charge in [0.05, 0.1) is 28.7 Å². The summed E-state index contributed by atoms with van der Waals surface area (Å²) in [6.07, 6.45) is 4.11. The molecule has 1 aromatic heterocycles. The summed E-state index contributed by atoms with van der Waals surface area (Å²) in [5, 5.41) is 14.9. The molecule has 1 heterocycles. The minimum atomic E-state index is -5.03. The molecule has 5 aliphatic carbocycles. The Kier molecular flexibility index (Phi) is 11.3. The number of halogens is 3. The molecule has 0 radical (unpaired) electrons. The quantitative estimate of drug-likeness (QED) is 0.0925. The smallest absolute Gasteiger partial charge is 0.463 e. The molecule has 0 spiro atoms. The summed E-state index contributed by atoms with van der Waals surface area (Å²) < 4.78 is 92.8. The SMILES string of the molecule is CC1(C)CC[C@]2(C(=O)OCCOCCOc3no[n+]([O-])c3S(=O)(=O)c3ccccc3)CC[C@]3(C)C(=CC[C@@H]4[C@@]5(C)CC[C@H](OC(=O)C(F)(F)F)C(C)(C)[C@@H]5CC[C@]43C)[C@@H]2C1. The normalized spacial score (nSPS) is 34.5. The van der Waals surface area contributed by atoms with Gasteiger partial charge in [-0.15, -0.1) is 0 Å². The number of nitrogens with zero attached hydrogens (tertiary/aromatic N) is 2. The fourth-order valence-corrected chi connectivity index (χ4v) is 14.2. The molecule has 0 unspecified atom stereocenters. The van der Waals surface area contributed by atoms with Gasteiger partial charge in [-0.05, 0) is 121 Å². The molecule has 1 aromatic carbocycles. The number of ether oxygens (including phenoxy) is 4. The maximum atomic E-state index is 14.4. The van der Waals surface area contributed by atoms with Crippen molar-refractivity contribution in [3.05, 3.63) is 47.2 Å². The molecule has 2 aromatic rings. The number of benzene rings is 1. The van der Waals surface area contributed by atoms with E-state index in [1.54, 1.807) is 6.07 Å². The van der Waals surface area contributed by atoms with Gasteiger partial charge in [-0.2, -0.15) is 13.2 Å². The van der Waals surface area contributed by atoms with Crippen molar-refractivity contribution in [2.24, 2.45) is 50.2 Å². The van der Waals surface area contributed by atoms with Crippen LogP contribution in [-0.2, 0) is 33.6 Å². The minimum absolute atomic E-state index is 0.00262. The van der Waals surface area contributed by atoms with Crippen molar-refractivity contribution >= 4 is 21.8 Å². The number of esters is 2. The van der Waals surface area contributed by atoms with Crippen LogP contribution in [0.4, 0.5) is 13.2 Å². The van der Waals surface area contributed by atoms with Gasteiger partial charge < -0.3 is 24.2 Å². The standard InChI is InChI=1S/C44H59F3N2O10S/c1-38(2)19-21-43(36(50)57-26-24-55-23-25-56-34-35(49(52)59-48-34)60(53,54)28-11-9-8-10-12-28)22-20-41(6)29(30(43)27-38)13-14-32-40(5)17-16-33(58-37(51)44(45,46)47)39(3,4)31(40)15-18-42(32,41)7/h8-13,30-33H,14-27H2,1-7H3/t30-,31-,32+,33-,40-,41+,42+,43-/m0/s1. The van der Waals surface area contributed by atoms with E-state index in [2.05, 4.69) is 50.5 Å². The van der Waals surface area contributed by atoms with E-state index in [1.807, 2.05) is 13.8 Å². The first-order chi connectivity index (χ1) is 27.9. The minimum Gasteiger partial charge on any atom is -0.463 e. The molecule has 4 fully saturated rings. The molecule has 60 heavy (non-hydrogen) atoms. The molecule has 0 bridgehead atoms. The van der Waals surface area contributed by atoms with Crippen molar-refractivity contribution in [2.45, 2.75) is 135 Å². The van der Waals surface area contributed by atoms with Crippen LogP contribution < -0.4 is 9.64 Å². The number of alkyl halides is 3. The second kappa shape index (κ2) is 15.3. The lowest BCUT2D eigenvalue weighted by Gasteiger charge is -2.71. The molecule has 7 rings (SSSR count). The van der Waals surface area contributed by atoms with E-state index in [1.165, 1.54) is 29.8 Å². The van der Waals surface area contributed by atoms with E-state index < -0.39 is 49.8 Å². The van der Waals surface area contributed by atoms with Crippen LogP contribution in [0.15, 0.2) is 56.5 Å². The third kappa shape index (κ3) is 7.22. The summed E-state index contributed by atoms with van der Waals surface area (Å²) in [7, 11) is -4.26. The number of carbonyl (C=O) groups excluding carboxylic acids is 2. The van der Waals surface area contributed by atoms with E-state index in [-0.39, 0.29) is 81.6 Å². The molecular weight excluding hydrogens is 806 g/mol. The van der Waals surface area contributed by atoms with Gasteiger partial charge in [-0.1, -0.05) is 78.3 Å². The lowest BCUT2D eigenvalue weighted by atomic mass is 9.33. The van der Waals surface area contributed by atoms with Gasteiger partial charge in [0.25, 0.3) is 9.84 Å². The number of allylic oxidation sites excluding steroid dienone is 2. The topological polar surface area (TPSA) is 158 Å². The second-order valence-corrected chi connectivity index (χ2v) is 21.9. The zero-order valence-corrected chi connectivity index (χ0v) is 36.5. The van der Waals surface area contributed by atoms with Crippen LogP contribution in [0.2, 0.25) is 0 Å². The second-order valence-electron chi connectivity index (χ2n) is 20.1. The van der Waals surface area contributed by atoms with Gasteiger partial charge in [0.15, 0.2) is 0 Å². The van der Waals surface area contributed by atoms with Crippen molar-refractivity contribution in [1.29, 1.82) is 0 Å². The molecule has 332 valence electrons. The Morgan fingerprint density at radius 3 is 2.28 bits per heavy atom. The first-order valence-corrected chi connectivity index (χ1v) is 22.7. The summed E-state index contributed by atoms with van der Waals surface area (Å²) in [6.45, 7) is 15.5. The Morgan fingerprint density at radius 1 is 0.900 bits per heavy atom. The fraction of sp³-hybridized carbons (Fsp3) is 0.727. The molecular formula is C44H59F3N2O10S. The molecule has 16 heteroatoms. The fourth-order valence-electron chi connectivity index (χ4n) is 12.9. The number of carbonyl (C=O) groups is 2. The van der Waals surface area contributed by atoms with Gasteiger partial charge in [-0.25, -0.2) is 13.2 Å². The molecule has 0 N–H and O–H groups in total. The highest BCUT2D eigenvalue weighted by molar-refractivity contribution is 7.91. The zero-order valence-electron chi connectivity index (χ0n) is 35.7. The summed E-state index contributed by atoms with van der Waals surface area (Å²) in [5.41, 5.74) is -0.449. The van der Waals surface area contributed by atoms with Gasteiger partial charge in [-0.3, -0.25) is 9.42 Å². The zero-order chi connectivity index (χ0) is 43.7. The van der Waals surface area contributed by atoms with E-state index >= 15 is 0 Å². The largest absolute Gasteiger partial charge is 0.490 e. The first-order valence-electron chi connectivity index (χ1n) is 21.2. The third-order valence-corrected chi connectivity index (χ3v) is 18.0. The predicted octanol–water partition coefficient (Wildman–Crippen LogP) is 8.36. The molecule has 0 saturated heterocycles. The number of rotatable bonds is 11. The Morgan fingerprint density at radius 2 is 1.58 bits per heavy atom. The summed E-state index contributed by atoms with van der Waals surface area (Å²) >= 11 is 0. The molecule has 8 atom stereocenters. The number of hydrogen-bond acceptors (Lipinski definition) is 11. The number of fused-ring (bicyclic) bond motifs is 7. The Balaban J connectivity index is 1.01. The molecule has 4 saturated carbocycles. The Hall–Kier alpha value is -3.66. The van der Waals surface area contributed by atoms with Crippen LogP contribution in [-0.4, -0.2) is 64.2 Å². The van der Waals surface area contributed by atoms with Gasteiger partial charge in [0, 0.05) is 5.41 Å². The average Bonchev–Trinajstić information content (AvgIpc) is 3.55. The lowest BCUT2D eigenvalue weighted by molar-refractivity contribution is -0.832. The van der Waals surface area contributed by atoms with Gasteiger partial charge in [0.2, 0.25) is 0 Å². The summed E-state index contributed by atoms with van der Waals surface area (Å²) in [4.78, 5) is 26.0.